The van der Waals surface area contributed by atoms with Gasteiger partial charge in [-0.1, -0.05) is 6.07 Å². The van der Waals surface area contributed by atoms with Crippen molar-refractivity contribution in [3.05, 3.63) is 83.1 Å². The number of carbonyl (C=O) groups excluding carboxylic acids is 1. The third kappa shape index (κ3) is 3.18. The van der Waals surface area contributed by atoms with Crippen LogP contribution in [0.4, 0.5) is 17.1 Å². The van der Waals surface area contributed by atoms with E-state index in [4.69, 9.17) is 4.42 Å². The Bertz CT molecular complexity index is 1110. The van der Waals surface area contributed by atoms with Crippen molar-refractivity contribution in [2.45, 2.75) is 0 Å². The predicted molar refractivity (Wildman–Crippen MR) is 98.7 cm³/mol. The molecule has 4 rings (SSSR count). The lowest BCUT2D eigenvalue weighted by atomic mass is 10.1. The summed E-state index contributed by atoms with van der Waals surface area (Å²) in [6, 6.07) is 16.0. The van der Waals surface area contributed by atoms with Gasteiger partial charge in [-0.2, -0.15) is 0 Å². The fourth-order valence-corrected chi connectivity index (χ4v) is 2.59. The molecule has 128 valence electrons. The summed E-state index contributed by atoms with van der Waals surface area (Å²) in [5.74, 6) is -0.944. The number of para-hydroxylation sites is 1. The quantitative estimate of drug-likeness (QED) is 0.525. The molecule has 2 aromatic heterocycles. The number of amides is 1. The molecule has 2 heterocycles. The van der Waals surface area contributed by atoms with Crippen LogP contribution < -0.4 is 16.4 Å². The van der Waals surface area contributed by atoms with Crippen LogP contribution in [-0.2, 0) is 0 Å². The highest BCUT2D eigenvalue weighted by Crippen LogP contribution is 2.20. The van der Waals surface area contributed by atoms with Gasteiger partial charge in [-0.15, -0.1) is 0 Å². The molecule has 0 saturated carbocycles. The maximum absolute atomic E-state index is 12.5. The largest absolute Gasteiger partial charge is 0.417 e. The number of rotatable bonds is 4. The number of H-pyrrole nitrogens is 1. The molecule has 0 aliphatic carbocycles. The topological polar surface area (TPSA) is 100 Å². The highest BCUT2D eigenvalue weighted by Gasteiger charge is 2.14. The van der Waals surface area contributed by atoms with Crippen molar-refractivity contribution in [1.29, 1.82) is 0 Å². The molecule has 0 atom stereocenters. The maximum atomic E-state index is 12.5. The molecule has 0 spiro atoms. The van der Waals surface area contributed by atoms with Crippen molar-refractivity contribution in [3.63, 3.8) is 0 Å². The molecule has 0 radical (unpaired) electrons. The van der Waals surface area contributed by atoms with Crippen LogP contribution in [0.3, 0.4) is 0 Å². The first-order valence-electron chi connectivity index (χ1n) is 7.89. The number of aromatic amines is 1. The molecule has 2 aromatic carbocycles. The molecular weight excluding hydrogens is 332 g/mol. The Hall–Kier alpha value is -3.87. The van der Waals surface area contributed by atoms with Gasteiger partial charge in [-0.05, 0) is 48.5 Å². The Morgan fingerprint density at radius 1 is 0.923 bits per heavy atom. The maximum Gasteiger partial charge on any atom is 0.417 e. The Balaban J connectivity index is 1.51. The van der Waals surface area contributed by atoms with Crippen molar-refractivity contribution in [1.82, 2.24) is 9.97 Å². The molecule has 1 amide bonds. The molecule has 7 nitrogen and oxygen atoms in total. The van der Waals surface area contributed by atoms with Crippen LogP contribution in [0.2, 0.25) is 0 Å². The Morgan fingerprint density at radius 3 is 2.38 bits per heavy atom. The SMILES string of the molecule is O=C(Nc1ccc(Nc2ccncc2)cc1)c1cccc2[nH]c(=O)oc12. The normalized spacial score (nSPS) is 10.6. The van der Waals surface area contributed by atoms with E-state index in [1.807, 2.05) is 24.3 Å². The fourth-order valence-electron chi connectivity index (χ4n) is 2.59. The number of benzene rings is 2. The summed E-state index contributed by atoms with van der Waals surface area (Å²) in [6.07, 6.45) is 3.41. The molecule has 0 fully saturated rings. The van der Waals surface area contributed by atoms with Crippen molar-refractivity contribution in [2.24, 2.45) is 0 Å². The second kappa shape index (κ2) is 6.56. The number of aromatic nitrogens is 2. The third-order valence-electron chi connectivity index (χ3n) is 3.80. The van der Waals surface area contributed by atoms with Gasteiger partial charge in [-0.3, -0.25) is 14.8 Å². The van der Waals surface area contributed by atoms with Gasteiger partial charge in [0.25, 0.3) is 5.91 Å². The van der Waals surface area contributed by atoms with Crippen LogP contribution in [-0.4, -0.2) is 15.9 Å². The number of anilines is 3. The van der Waals surface area contributed by atoms with Gasteiger partial charge in [0.05, 0.1) is 11.1 Å². The summed E-state index contributed by atoms with van der Waals surface area (Å²) in [4.78, 5) is 30.4. The van der Waals surface area contributed by atoms with Gasteiger partial charge in [-0.25, -0.2) is 4.79 Å². The van der Waals surface area contributed by atoms with Gasteiger partial charge in [0, 0.05) is 29.5 Å². The predicted octanol–water partition coefficient (Wildman–Crippen LogP) is 3.51. The molecule has 26 heavy (non-hydrogen) atoms. The van der Waals surface area contributed by atoms with E-state index >= 15 is 0 Å². The number of carbonyl (C=O) groups is 1. The molecule has 0 saturated heterocycles. The van der Waals surface area contributed by atoms with Crippen molar-refractivity contribution in [3.8, 4) is 0 Å². The van der Waals surface area contributed by atoms with Crippen LogP contribution in [0.1, 0.15) is 10.4 Å². The van der Waals surface area contributed by atoms with Crippen molar-refractivity contribution >= 4 is 34.1 Å². The van der Waals surface area contributed by atoms with E-state index in [9.17, 15) is 9.59 Å². The number of fused-ring (bicyclic) bond motifs is 1. The third-order valence-corrected chi connectivity index (χ3v) is 3.80. The number of pyridine rings is 1. The van der Waals surface area contributed by atoms with E-state index < -0.39 is 5.76 Å². The highest BCUT2D eigenvalue weighted by atomic mass is 16.4. The lowest BCUT2D eigenvalue weighted by Gasteiger charge is -2.08. The van der Waals surface area contributed by atoms with E-state index in [0.717, 1.165) is 11.4 Å². The fraction of sp³-hybridized carbons (Fsp3) is 0. The second-order valence-electron chi connectivity index (χ2n) is 5.59. The van der Waals surface area contributed by atoms with E-state index in [1.54, 1.807) is 42.7 Å². The van der Waals surface area contributed by atoms with Crippen molar-refractivity contribution in [2.75, 3.05) is 10.6 Å². The highest BCUT2D eigenvalue weighted by molar-refractivity contribution is 6.10. The van der Waals surface area contributed by atoms with Gasteiger partial charge in [0.1, 0.15) is 0 Å². The summed E-state index contributed by atoms with van der Waals surface area (Å²) in [6.45, 7) is 0. The Morgan fingerprint density at radius 2 is 1.62 bits per heavy atom. The number of hydrogen-bond donors (Lipinski definition) is 3. The zero-order chi connectivity index (χ0) is 17.9. The zero-order valence-electron chi connectivity index (χ0n) is 13.5. The average molecular weight is 346 g/mol. The summed E-state index contributed by atoms with van der Waals surface area (Å²) in [5, 5.41) is 6.03. The Kier molecular flexibility index (Phi) is 3.95. The second-order valence-corrected chi connectivity index (χ2v) is 5.59. The van der Waals surface area contributed by atoms with Gasteiger partial charge in [0.2, 0.25) is 0 Å². The van der Waals surface area contributed by atoms with Crippen LogP contribution in [0, 0.1) is 0 Å². The Labute approximate surface area is 147 Å². The minimum atomic E-state index is -0.591. The van der Waals surface area contributed by atoms with Crippen LogP contribution in [0.15, 0.2) is 76.2 Å². The smallest absolute Gasteiger partial charge is 0.407 e. The standard InChI is InChI=1S/C19H14N4O3/c24-18(15-2-1-3-16-17(15)26-19(25)23-16)22-13-6-4-12(5-7-13)21-14-8-10-20-11-9-14/h1-11H,(H,20,21)(H,22,24)(H,23,25). The van der Waals surface area contributed by atoms with Crippen LogP contribution in [0.5, 0.6) is 0 Å². The summed E-state index contributed by atoms with van der Waals surface area (Å²) < 4.78 is 5.06. The van der Waals surface area contributed by atoms with E-state index in [2.05, 4.69) is 20.6 Å². The first kappa shape index (κ1) is 15.6. The summed E-state index contributed by atoms with van der Waals surface area (Å²) >= 11 is 0. The summed E-state index contributed by atoms with van der Waals surface area (Å²) in [5.41, 5.74) is 3.45. The monoisotopic (exact) mass is 346 g/mol. The average Bonchev–Trinajstić information content (AvgIpc) is 3.04. The van der Waals surface area contributed by atoms with Gasteiger partial charge in [0.15, 0.2) is 5.58 Å². The number of oxazole rings is 1. The number of nitrogens with one attached hydrogen (secondary N) is 3. The molecule has 7 heteroatoms. The molecule has 0 aliphatic rings. The van der Waals surface area contributed by atoms with Gasteiger partial charge >= 0.3 is 5.76 Å². The molecule has 0 aliphatic heterocycles. The van der Waals surface area contributed by atoms with E-state index in [0.29, 0.717) is 16.8 Å². The number of hydrogen-bond acceptors (Lipinski definition) is 5. The molecule has 3 N–H and O–H groups in total. The molecule has 0 bridgehead atoms. The van der Waals surface area contributed by atoms with Gasteiger partial charge < -0.3 is 15.1 Å². The first-order valence-corrected chi connectivity index (χ1v) is 7.89. The molecule has 4 aromatic rings. The van der Waals surface area contributed by atoms with Crippen LogP contribution in [0.25, 0.3) is 11.1 Å². The molecular formula is C19H14N4O3. The molecule has 0 unspecified atom stereocenters. The summed E-state index contributed by atoms with van der Waals surface area (Å²) in [7, 11) is 0. The minimum Gasteiger partial charge on any atom is -0.407 e. The zero-order valence-corrected chi connectivity index (χ0v) is 13.5. The minimum absolute atomic E-state index is 0.242. The van der Waals surface area contributed by atoms with Crippen LogP contribution >= 0.6 is 0 Å². The first-order chi connectivity index (χ1) is 12.7. The lowest BCUT2D eigenvalue weighted by Crippen LogP contribution is -2.12. The van der Waals surface area contributed by atoms with E-state index in [-0.39, 0.29) is 11.5 Å². The van der Waals surface area contributed by atoms with Crippen molar-refractivity contribution < 1.29 is 9.21 Å². The number of nitrogens with zero attached hydrogens (tertiary/aromatic N) is 1. The lowest BCUT2D eigenvalue weighted by molar-refractivity contribution is 0.102. The van der Waals surface area contributed by atoms with E-state index in [1.165, 1.54) is 0 Å².